The fourth-order valence-electron chi connectivity index (χ4n) is 2.72. The zero-order valence-electron chi connectivity index (χ0n) is 13.3. The molecular formula is C17H28N2O2. The second kappa shape index (κ2) is 8.37. The van der Waals surface area contributed by atoms with Gasteiger partial charge in [0.15, 0.2) is 0 Å². The van der Waals surface area contributed by atoms with Crippen molar-refractivity contribution in [1.29, 1.82) is 0 Å². The van der Waals surface area contributed by atoms with Gasteiger partial charge in [-0.25, -0.2) is 0 Å². The molecule has 118 valence electrons. The second-order valence-corrected chi connectivity index (χ2v) is 6.09. The summed E-state index contributed by atoms with van der Waals surface area (Å²) < 4.78 is 5.64. The summed E-state index contributed by atoms with van der Waals surface area (Å²) in [6.07, 6.45) is 2.21. The number of hydrogen-bond acceptors (Lipinski definition) is 4. The van der Waals surface area contributed by atoms with Crippen LogP contribution < -0.4 is 4.74 Å². The van der Waals surface area contributed by atoms with Gasteiger partial charge >= 0.3 is 0 Å². The molecule has 0 bridgehead atoms. The third-order valence-corrected chi connectivity index (χ3v) is 3.95. The fourth-order valence-corrected chi connectivity index (χ4v) is 2.72. The number of aryl methyl sites for hydroxylation is 1. The smallest absolute Gasteiger partial charge is 0.119 e. The molecule has 0 spiro atoms. The van der Waals surface area contributed by atoms with Crippen molar-refractivity contribution >= 4 is 0 Å². The minimum absolute atomic E-state index is 0.345. The van der Waals surface area contributed by atoms with Gasteiger partial charge in [0.25, 0.3) is 0 Å². The van der Waals surface area contributed by atoms with Crippen LogP contribution in [0.5, 0.6) is 5.75 Å². The van der Waals surface area contributed by atoms with Crippen LogP contribution in [0.25, 0.3) is 0 Å². The van der Waals surface area contributed by atoms with Crippen LogP contribution in [-0.2, 0) is 0 Å². The van der Waals surface area contributed by atoms with Crippen molar-refractivity contribution in [1.82, 2.24) is 9.80 Å². The van der Waals surface area contributed by atoms with Gasteiger partial charge in [0.05, 0.1) is 0 Å². The normalized spacial score (nSPS) is 17.3. The summed E-state index contributed by atoms with van der Waals surface area (Å²) in [5.41, 5.74) is 1.17. The van der Waals surface area contributed by atoms with Gasteiger partial charge in [-0.15, -0.1) is 0 Å². The van der Waals surface area contributed by atoms with Gasteiger partial charge in [-0.3, -0.25) is 0 Å². The Morgan fingerprint density at radius 2 is 2.10 bits per heavy atom. The molecule has 0 amide bonds. The molecule has 21 heavy (non-hydrogen) atoms. The monoisotopic (exact) mass is 292 g/mol. The lowest BCUT2D eigenvalue weighted by atomic mass is 10.2. The van der Waals surface area contributed by atoms with E-state index in [2.05, 4.69) is 16.8 Å². The first kappa shape index (κ1) is 16.3. The number of likely N-dealkylation sites (tertiary alicyclic amines) is 1. The topological polar surface area (TPSA) is 35.9 Å². The Bertz CT molecular complexity index is 419. The molecule has 1 unspecified atom stereocenters. The van der Waals surface area contributed by atoms with Crippen LogP contribution in [-0.4, -0.2) is 67.4 Å². The van der Waals surface area contributed by atoms with E-state index in [-0.39, 0.29) is 0 Å². The van der Waals surface area contributed by atoms with Crippen LogP contribution in [0.2, 0.25) is 0 Å². The van der Waals surface area contributed by atoms with Crippen LogP contribution in [0.15, 0.2) is 24.3 Å². The summed E-state index contributed by atoms with van der Waals surface area (Å²) in [7, 11) is 2.06. The first-order valence-electron chi connectivity index (χ1n) is 7.92. The lowest BCUT2D eigenvalue weighted by Gasteiger charge is -2.23. The largest absolute Gasteiger partial charge is 0.491 e. The molecule has 0 aliphatic carbocycles. The zero-order chi connectivity index (χ0) is 15.1. The van der Waals surface area contributed by atoms with E-state index < -0.39 is 6.10 Å². The lowest BCUT2D eigenvalue weighted by Crippen LogP contribution is -2.37. The first-order valence-corrected chi connectivity index (χ1v) is 7.92. The Morgan fingerprint density at radius 1 is 1.33 bits per heavy atom. The third-order valence-electron chi connectivity index (χ3n) is 3.95. The van der Waals surface area contributed by atoms with Gasteiger partial charge in [-0.1, -0.05) is 12.1 Å². The summed E-state index contributed by atoms with van der Waals surface area (Å²) in [6.45, 7) is 7.59. The van der Waals surface area contributed by atoms with Crippen molar-refractivity contribution in [2.45, 2.75) is 25.9 Å². The average Bonchev–Trinajstić information content (AvgIpc) is 2.96. The van der Waals surface area contributed by atoms with Crippen LogP contribution in [0, 0.1) is 6.92 Å². The van der Waals surface area contributed by atoms with Crippen LogP contribution >= 0.6 is 0 Å². The van der Waals surface area contributed by atoms with Crippen LogP contribution in [0.1, 0.15) is 18.4 Å². The maximum Gasteiger partial charge on any atom is 0.119 e. The highest BCUT2D eigenvalue weighted by Crippen LogP contribution is 2.12. The molecule has 1 N–H and O–H groups in total. The summed E-state index contributed by atoms with van der Waals surface area (Å²) in [5, 5.41) is 10.1. The lowest BCUT2D eigenvalue weighted by molar-refractivity contribution is 0.0738. The summed E-state index contributed by atoms with van der Waals surface area (Å²) >= 11 is 0. The highest BCUT2D eigenvalue weighted by Gasteiger charge is 2.13. The van der Waals surface area contributed by atoms with Crippen molar-refractivity contribution in [3.05, 3.63) is 29.8 Å². The van der Waals surface area contributed by atoms with Gasteiger partial charge in [0, 0.05) is 19.6 Å². The maximum absolute atomic E-state index is 10.1. The minimum Gasteiger partial charge on any atom is -0.491 e. The summed E-state index contributed by atoms with van der Waals surface area (Å²) in [6, 6.07) is 7.93. The van der Waals surface area contributed by atoms with Gasteiger partial charge < -0.3 is 19.6 Å². The molecule has 1 saturated heterocycles. The van der Waals surface area contributed by atoms with Crippen molar-refractivity contribution < 1.29 is 9.84 Å². The molecule has 4 nitrogen and oxygen atoms in total. The number of aliphatic hydroxyl groups excluding tert-OH is 1. The van der Waals surface area contributed by atoms with Crippen molar-refractivity contribution in [2.75, 3.05) is 46.4 Å². The number of benzene rings is 1. The molecule has 1 atom stereocenters. The Balaban J connectivity index is 1.62. The van der Waals surface area contributed by atoms with E-state index >= 15 is 0 Å². The average molecular weight is 292 g/mol. The number of likely N-dealkylation sites (N-methyl/N-ethyl adjacent to an activating group) is 1. The zero-order valence-corrected chi connectivity index (χ0v) is 13.3. The SMILES string of the molecule is Cc1cccc(OCC(O)CN(C)CCN2CCCC2)c1. The van der Waals surface area contributed by atoms with E-state index in [9.17, 15) is 5.11 Å². The van der Waals surface area contributed by atoms with Crippen molar-refractivity contribution in [2.24, 2.45) is 0 Å². The van der Waals surface area contributed by atoms with Gasteiger partial charge in [-0.05, 0) is 57.6 Å². The van der Waals surface area contributed by atoms with E-state index in [0.717, 1.165) is 18.8 Å². The first-order chi connectivity index (χ1) is 10.1. The Kier molecular flexibility index (Phi) is 6.49. The Hall–Kier alpha value is -1.10. The minimum atomic E-state index is -0.450. The predicted molar refractivity (Wildman–Crippen MR) is 85.9 cm³/mol. The molecule has 1 aromatic rings. The van der Waals surface area contributed by atoms with Crippen LogP contribution in [0.4, 0.5) is 0 Å². The van der Waals surface area contributed by atoms with Gasteiger partial charge in [0.2, 0.25) is 0 Å². The fraction of sp³-hybridized carbons (Fsp3) is 0.647. The van der Waals surface area contributed by atoms with Crippen molar-refractivity contribution in [3.8, 4) is 5.75 Å². The quantitative estimate of drug-likeness (QED) is 0.792. The number of hydrogen-bond donors (Lipinski definition) is 1. The van der Waals surface area contributed by atoms with Crippen molar-refractivity contribution in [3.63, 3.8) is 0 Å². The maximum atomic E-state index is 10.1. The highest BCUT2D eigenvalue weighted by atomic mass is 16.5. The molecule has 0 radical (unpaired) electrons. The number of aliphatic hydroxyl groups is 1. The van der Waals surface area contributed by atoms with Gasteiger partial charge in [0.1, 0.15) is 18.5 Å². The number of nitrogens with zero attached hydrogens (tertiary/aromatic N) is 2. The molecular weight excluding hydrogens is 264 g/mol. The van der Waals surface area contributed by atoms with E-state index in [4.69, 9.17) is 4.74 Å². The van der Waals surface area contributed by atoms with E-state index in [0.29, 0.717) is 13.2 Å². The molecule has 1 fully saturated rings. The molecule has 4 heteroatoms. The second-order valence-electron chi connectivity index (χ2n) is 6.09. The molecule has 1 heterocycles. The third kappa shape index (κ3) is 6.04. The van der Waals surface area contributed by atoms with E-state index in [1.807, 2.05) is 31.2 Å². The molecule has 1 aliphatic rings. The molecule has 1 aliphatic heterocycles. The summed E-state index contributed by atoms with van der Waals surface area (Å²) in [5.74, 6) is 0.828. The number of ether oxygens (including phenoxy) is 1. The van der Waals surface area contributed by atoms with E-state index in [1.165, 1.54) is 31.5 Å². The van der Waals surface area contributed by atoms with Gasteiger partial charge in [-0.2, -0.15) is 0 Å². The highest BCUT2D eigenvalue weighted by molar-refractivity contribution is 5.27. The predicted octanol–water partition coefficient (Wildman–Crippen LogP) is 1.76. The molecule has 0 saturated carbocycles. The van der Waals surface area contributed by atoms with Crippen LogP contribution in [0.3, 0.4) is 0 Å². The Labute approximate surface area is 128 Å². The summed E-state index contributed by atoms with van der Waals surface area (Å²) in [4.78, 5) is 4.68. The molecule has 2 rings (SSSR count). The molecule has 1 aromatic carbocycles. The van der Waals surface area contributed by atoms with E-state index in [1.54, 1.807) is 0 Å². The molecule has 0 aromatic heterocycles. The standard InChI is InChI=1S/C17H28N2O2/c1-15-6-5-7-17(12-15)21-14-16(20)13-18(2)10-11-19-8-3-4-9-19/h5-7,12,16,20H,3-4,8-11,13-14H2,1-2H3. The Morgan fingerprint density at radius 3 is 2.81 bits per heavy atom. The number of rotatable bonds is 8.